The number of hydrogen-bond donors (Lipinski definition) is 0. The van der Waals surface area contributed by atoms with Crippen molar-refractivity contribution in [3.05, 3.63) is 460 Å². The van der Waals surface area contributed by atoms with Gasteiger partial charge >= 0.3 is 0 Å². The summed E-state index contributed by atoms with van der Waals surface area (Å²) in [4.78, 5) is 33.0. The summed E-state index contributed by atoms with van der Waals surface area (Å²) in [7, 11) is -6.17. The molecule has 0 saturated carbocycles. The van der Waals surface area contributed by atoms with E-state index in [9.17, 15) is 0 Å². The summed E-state index contributed by atoms with van der Waals surface area (Å²) in [6, 6.07) is 163. The third-order valence-electron chi connectivity index (χ3n) is 32.5. The fourth-order valence-corrected chi connectivity index (χ4v) is 36.4. The third-order valence-corrected chi connectivity index (χ3v) is 44.1. The number of aromatic nitrogens is 10. The number of benzene rings is 19. The molecule has 0 spiro atoms. The lowest BCUT2D eigenvalue weighted by Gasteiger charge is -2.22. The SMILES string of the molecule is CC1(C)c2ccccc2-c2cc3c(cc21)c1ccccc1n3-c1ccccc1-c1nc(-c2ccccc2)c2c(n1)-c1ccccc1[Si]2(C)C.C[Si]1(C)c2ccccc2-c2nc(-c3ccccc3-n3c4ccccc4c4cc5c(cc43)c3ccccc3n5-c3ccccc3)nc(-c3ccccc3)c21.C[Si]1(C)c2ccccc2-c2nc(-c3ccccc3-n3c4ccccc4c4cc5sc6ccccc6c5cc43)nc(-c3ccccc3)c21. The molecule has 0 N–H and O–H groups in total. The maximum atomic E-state index is 5.53. The van der Waals surface area contributed by atoms with E-state index in [0.29, 0.717) is 0 Å². The standard InChI is InChI=1S/C48H34N4Si.C45H35N3Si.C42H29N3SSi/c1-53(2)44-28-16-12-24-36(44)46-47(53)45(31-17-5-3-6-18-31)49-48(50-46)35-23-11-15-27-41(35)52-40-26-14-10-22-34(40)38-29-42-37(30-43(38)52)33-21-9-13-25-39(33)51(42)32-19-7-4-8-20-32;1-45(2)35-22-12-8-18-29(35)33-27-39-34(26-36(33)45)30-19-9-13-23-37(30)48(39)38-24-14-10-20-31(38)44-46-41(28-16-6-5-7-17-28)43-42(47-44)32-21-11-15-25-40(32)49(43,3)4;1-47(2)38-23-13-9-19-30(38)40-41(47)39(26-14-4-3-5-15-26)43-42(44-40)29-18-7-11-21-34(29)45-33-20-10-6-16-27(33)31-25-37-32(24-35(31)45)28-17-8-12-22-36(28)46-37/h3-30H,1-2H3;5-27H,1-4H3;3-25H,1-2H3. The maximum Gasteiger partial charge on any atom is 0.162 e. The first-order valence-electron chi connectivity index (χ1n) is 51.6. The topological polar surface area (TPSA) is 97.1 Å². The van der Waals surface area contributed by atoms with Gasteiger partial charge in [-0.05, 0) is 185 Å². The number of fused-ring (bicyclic) bond motifs is 27. The van der Waals surface area contributed by atoms with Crippen molar-refractivity contribution in [3.8, 4) is 136 Å². The number of nitrogens with zero attached hydrogens (tertiary/aromatic N) is 10. The van der Waals surface area contributed by atoms with Gasteiger partial charge in [-0.25, -0.2) is 29.9 Å². The molecular weight excluding hydrogens is 1880 g/mol. The first-order chi connectivity index (χ1) is 73.0. The van der Waals surface area contributed by atoms with Crippen LogP contribution in [0.15, 0.2) is 449 Å². The largest absolute Gasteiger partial charge is 0.309 e. The summed E-state index contributed by atoms with van der Waals surface area (Å²) in [5.41, 5.74) is 35.8. The second kappa shape index (κ2) is 33.5. The average molecular weight is 1980 g/mol. The van der Waals surface area contributed by atoms with Gasteiger partial charge in [-0.15, -0.1) is 11.3 Å². The van der Waals surface area contributed by atoms with Crippen LogP contribution in [0.2, 0.25) is 39.3 Å². The molecule has 11 heterocycles. The fraction of sp³-hybridized carbons (Fsp3) is 0.0667. The van der Waals surface area contributed by atoms with Crippen molar-refractivity contribution in [2.75, 3.05) is 0 Å². The Morgan fingerprint density at radius 2 is 0.490 bits per heavy atom. The summed E-state index contributed by atoms with van der Waals surface area (Å²) in [6.07, 6.45) is 0. The zero-order valence-corrected chi connectivity index (χ0v) is 87.4. The van der Waals surface area contributed by atoms with Crippen LogP contribution in [0, 0.1) is 0 Å². The highest BCUT2D eigenvalue weighted by molar-refractivity contribution is 7.26. The molecule has 8 aromatic heterocycles. The predicted molar refractivity (Wildman–Crippen MR) is 633 cm³/mol. The number of hydrogen-bond acceptors (Lipinski definition) is 7. The van der Waals surface area contributed by atoms with Gasteiger partial charge in [0.1, 0.15) is 24.2 Å². The number of rotatable bonds is 10. The molecule has 0 amide bonds. The van der Waals surface area contributed by atoms with E-state index >= 15 is 0 Å². The molecule has 0 saturated heterocycles. The highest BCUT2D eigenvalue weighted by Crippen LogP contribution is 2.53. The van der Waals surface area contributed by atoms with Crippen LogP contribution in [-0.4, -0.2) is 72.4 Å². The normalized spacial score (nSPS) is 13.9. The maximum absolute atomic E-state index is 5.53. The van der Waals surface area contributed by atoms with Gasteiger partial charge in [-0.3, -0.25) is 0 Å². The van der Waals surface area contributed by atoms with Gasteiger partial charge in [0.15, 0.2) is 17.5 Å². The van der Waals surface area contributed by atoms with Gasteiger partial charge in [0.2, 0.25) is 0 Å². The molecule has 14 heteroatoms. The molecule has 0 atom stereocenters. The zero-order chi connectivity index (χ0) is 99.6. The van der Waals surface area contributed by atoms with E-state index in [0.717, 1.165) is 119 Å². The third kappa shape index (κ3) is 13.3. The second-order valence-electron chi connectivity index (χ2n) is 42.2. The summed E-state index contributed by atoms with van der Waals surface area (Å²) >= 11 is 1.87. The van der Waals surface area contributed by atoms with Crippen LogP contribution in [0.5, 0.6) is 0 Å². The van der Waals surface area contributed by atoms with E-state index in [1.54, 1.807) is 0 Å². The van der Waals surface area contributed by atoms with Crippen molar-refractivity contribution >= 4 is 174 Å². The molecule has 706 valence electrons. The zero-order valence-electron chi connectivity index (χ0n) is 83.6. The smallest absolute Gasteiger partial charge is 0.162 e. The van der Waals surface area contributed by atoms with E-state index in [1.807, 2.05) is 11.3 Å². The van der Waals surface area contributed by atoms with E-state index in [4.69, 9.17) is 29.9 Å². The minimum absolute atomic E-state index is 0.0687. The molecule has 19 aromatic carbocycles. The van der Waals surface area contributed by atoms with Gasteiger partial charge in [0.05, 0.1) is 95.4 Å². The van der Waals surface area contributed by atoms with Crippen LogP contribution in [-0.2, 0) is 5.41 Å². The molecule has 0 bridgehead atoms. The Balaban J connectivity index is 0.000000105. The van der Waals surface area contributed by atoms with Gasteiger partial charge in [-0.2, -0.15) is 0 Å². The Kier molecular flexibility index (Phi) is 19.8. The Bertz CT molecular complexity index is 10300. The molecule has 149 heavy (non-hydrogen) atoms. The first kappa shape index (κ1) is 88.0. The van der Waals surface area contributed by atoms with Gasteiger partial charge in [0, 0.05) is 108 Å². The first-order valence-corrected chi connectivity index (χ1v) is 61.4. The van der Waals surface area contributed by atoms with Gasteiger partial charge in [0.25, 0.3) is 0 Å². The Morgan fingerprint density at radius 3 is 0.899 bits per heavy atom. The van der Waals surface area contributed by atoms with Crippen molar-refractivity contribution in [2.24, 2.45) is 0 Å². The highest BCUT2D eigenvalue weighted by Gasteiger charge is 2.46. The van der Waals surface area contributed by atoms with Crippen molar-refractivity contribution < 1.29 is 0 Å². The van der Waals surface area contributed by atoms with Gasteiger partial charge in [-0.1, -0.05) is 387 Å². The number of thiophene rings is 1. The lowest BCUT2D eigenvalue weighted by molar-refractivity contribution is 0.661. The van der Waals surface area contributed by atoms with Crippen LogP contribution >= 0.6 is 11.3 Å². The molecule has 10 nitrogen and oxygen atoms in total. The van der Waals surface area contributed by atoms with Crippen molar-refractivity contribution in [1.82, 2.24) is 48.2 Å². The highest BCUT2D eigenvalue weighted by atomic mass is 32.1. The average Bonchev–Trinajstić information content (AvgIpc) is 1.59. The molecule has 31 rings (SSSR count). The molecular formula is C135H98N10SSi3. The van der Waals surface area contributed by atoms with E-state index < -0.39 is 24.2 Å². The molecule has 0 unspecified atom stereocenters. The summed E-state index contributed by atoms with van der Waals surface area (Å²) in [5.74, 6) is 2.26. The Labute approximate surface area is 869 Å². The molecule has 3 aliphatic heterocycles. The quantitative estimate of drug-likeness (QED) is 0.127. The molecule has 1 aliphatic carbocycles. The number of para-hydroxylation sites is 8. The van der Waals surface area contributed by atoms with Crippen molar-refractivity contribution in [1.29, 1.82) is 0 Å². The Hall–Kier alpha value is -17.5. The summed E-state index contributed by atoms with van der Waals surface area (Å²) in [6.45, 7) is 19.4. The summed E-state index contributed by atoms with van der Waals surface area (Å²) in [5, 5.41) is 20.8. The van der Waals surface area contributed by atoms with Crippen LogP contribution in [0.25, 0.3) is 243 Å². The van der Waals surface area contributed by atoms with Crippen molar-refractivity contribution in [3.63, 3.8) is 0 Å². The lowest BCUT2D eigenvalue weighted by Crippen LogP contribution is -2.50. The fourth-order valence-electron chi connectivity index (χ4n) is 25.6. The van der Waals surface area contributed by atoms with Crippen molar-refractivity contribution in [2.45, 2.75) is 58.5 Å². The minimum atomic E-state index is -2.08. The van der Waals surface area contributed by atoms with Gasteiger partial charge < -0.3 is 18.3 Å². The monoisotopic (exact) mass is 1970 g/mol. The van der Waals surface area contributed by atoms with E-state index in [2.05, 4.69) is 520 Å². The van der Waals surface area contributed by atoms with Crippen LogP contribution in [0.1, 0.15) is 25.0 Å². The van der Waals surface area contributed by atoms with E-state index in [1.165, 1.54) is 166 Å². The second-order valence-corrected chi connectivity index (χ2v) is 56.2. The molecule has 4 aliphatic rings. The van der Waals surface area contributed by atoms with Crippen LogP contribution < -0.4 is 31.1 Å². The molecule has 0 fully saturated rings. The summed E-state index contributed by atoms with van der Waals surface area (Å²) < 4.78 is 12.3. The van der Waals surface area contributed by atoms with Crippen LogP contribution in [0.4, 0.5) is 0 Å². The minimum Gasteiger partial charge on any atom is -0.309 e. The Morgan fingerprint density at radius 1 is 0.201 bits per heavy atom. The predicted octanol–water partition coefficient (Wildman–Crippen LogP) is 30.9. The lowest BCUT2D eigenvalue weighted by atomic mass is 9.82. The van der Waals surface area contributed by atoms with Crippen LogP contribution in [0.3, 0.4) is 0 Å². The molecule has 27 aromatic rings. The van der Waals surface area contributed by atoms with E-state index in [-0.39, 0.29) is 5.41 Å². The molecule has 0 radical (unpaired) electrons.